The summed E-state index contributed by atoms with van der Waals surface area (Å²) in [6.45, 7) is 4.88. The SMILES string of the molecule is CCCCCCCC/C=C\CCCCCCCC(=O)OCCOC(=O)CCCCCCCCCCCCCCC. The summed E-state index contributed by atoms with van der Waals surface area (Å²) in [6, 6.07) is 0. The van der Waals surface area contributed by atoms with E-state index >= 15 is 0 Å². The highest BCUT2D eigenvalue weighted by atomic mass is 16.6. The van der Waals surface area contributed by atoms with Gasteiger partial charge in [0.15, 0.2) is 0 Å². The van der Waals surface area contributed by atoms with Crippen molar-refractivity contribution in [3.8, 4) is 0 Å². The van der Waals surface area contributed by atoms with Crippen molar-refractivity contribution < 1.29 is 19.1 Å². The van der Waals surface area contributed by atoms with Crippen molar-refractivity contribution in [2.75, 3.05) is 13.2 Å². The zero-order valence-electron chi connectivity index (χ0n) is 27.0. The van der Waals surface area contributed by atoms with Crippen LogP contribution >= 0.6 is 0 Å². The minimum absolute atomic E-state index is 0.170. The van der Waals surface area contributed by atoms with Gasteiger partial charge in [0.2, 0.25) is 0 Å². The first-order chi connectivity index (χ1) is 19.7. The number of unbranched alkanes of at least 4 members (excludes halogenated alkanes) is 23. The molecule has 0 aromatic heterocycles. The molecule has 0 bridgehead atoms. The molecule has 0 amide bonds. The monoisotopic (exact) mass is 565 g/mol. The Labute approximate surface area is 249 Å². The average Bonchev–Trinajstić information content (AvgIpc) is 2.95. The Balaban J connectivity index is 3.31. The molecule has 236 valence electrons. The van der Waals surface area contributed by atoms with Crippen LogP contribution < -0.4 is 0 Å². The van der Waals surface area contributed by atoms with E-state index in [1.807, 2.05) is 0 Å². The molecule has 4 heteroatoms. The van der Waals surface area contributed by atoms with E-state index < -0.39 is 0 Å². The lowest BCUT2D eigenvalue weighted by atomic mass is 10.0. The zero-order valence-corrected chi connectivity index (χ0v) is 27.0. The molecule has 0 saturated carbocycles. The van der Waals surface area contributed by atoms with Crippen LogP contribution in [0.3, 0.4) is 0 Å². The zero-order chi connectivity index (χ0) is 29.2. The maximum Gasteiger partial charge on any atom is 0.305 e. The fourth-order valence-electron chi connectivity index (χ4n) is 5.08. The number of ether oxygens (including phenoxy) is 2. The summed E-state index contributed by atoms with van der Waals surface area (Å²) in [5.41, 5.74) is 0. The molecule has 0 aromatic rings. The molecule has 0 unspecified atom stereocenters. The number of hydrogen-bond acceptors (Lipinski definition) is 4. The second-order valence-corrected chi connectivity index (χ2v) is 11.8. The van der Waals surface area contributed by atoms with Crippen LogP contribution in [0, 0.1) is 0 Å². The van der Waals surface area contributed by atoms with Crippen molar-refractivity contribution in [1.82, 2.24) is 0 Å². The third-order valence-electron chi connectivity index (χ3n) is 7.74. The Kier molecular flexibility index (Phi) is 32.8. The maximum atomic E-state index is 11.9. The van der Waals surface area contributed by atoms with Crippen LogP contribution in [0.1, 0.15) is 194 Å². The van der Waals surface area contributed by atoms with Gasteiger partial charge in [0, 0.05) is 12.8 Å². The van der Waals surface area contributed by atoms with Gasteiger partial charge in [-0.15, -0.1) is 0 Å². The van der Waals surface area contributed by atoms with Gasteiger partial charge in [-0.3, -0.25) is 9.59 Å². The molecular formula is C36H68O4. The molecule has 0 aliphatic rings. The average molecular weight is 565 g/mol. The Morgan fingerprint density at radius 2 is 0.675 bits per heavy atom. The second kappa shape index (κ2) is 33.9. The van der Waals surface area contributed by atoms with E-state index in [4.69, 9.17) is 9.47 Å². The van der Waals surface area contributed by atoms with Crippen LogP contribution in [0.5, 0.6) is 0 Å². The van der Waals surface area contributed by atoms with E-state index in [0.29, 0.717) is 12.8 Å². The van der Waals surface area contributed by atoms with Gasteiger partial charge in [-0.2, -0.15) is 0 Å². The molecule has 0 fully saturated rings. The van der Waals surface area contributed by atoms with E-state index in [1.54, 1.807) is 0 Å². The van der Waals surface area contributed by atoms with Gasteiger partial charge >= 0.3 is 11.9 Å². The van der Waals surface area contributed by atoms with Gasteiger partial charge in [-0.05, 0) is 38.5 Å². The van der Waals surface area contributed by atoms with Crippen molar-refractivity contribution in [1.29, 1.82) is 0 Å². The Hall–Kier alpha value is -1.32. The van der Waals surface area contributed by atoms with E-state index in [9.17, 15) is 9.59 Å². The molecule has 40 heavy (non-hydrogen) atoms. The Morgan fingerprint density at radius 3 is 1.00 bits per heavy atom. The van der Waals surface area contributed by atoms with Crippen molar-refractivity contribution >= 4 is 11.9 Å². The summed E-state index contributed by atoms with van der Waals surface area (Å²) < 4.78 is 10.4. The van der Waals surface area contributed by atoms with Gasteiger partial charge in [0.05, 0.1) is 0 Å². The van der Waals surface area contributed by atoms with Crippen LogP contribution in [-0.4, -0.2) is 25.2 Å². The van der Waals surface area contributed by atoms with Crippen LogP contribution in [0.4, 0.5) is 0 Å². The standard InChI is InChI=1S/C36H68O4/c1-3-5-7-9-11-13-15-17-18-20-22-24-26-28-30-32-36(38)40-34-33-39-35(37)31-29-27-25-23-21-19-16-14-12-10-8-6-4-2/h17-18H,3-16,19-34H2,1-2H3/b18-17-. The van der Waals surface area contributed by atoms with Gasteiger partial charge in [-0.1, -0.05) is 154 Å². The smallest absolute Gasteiger partial charge is 0.305 e. The summed E-state index contributed by atoms with van der Waals surface area (Å²) >= 11 is 0. The molecule has 0 aliphatic heterocycles. The quantitative estimate of drug-likeness (QED) is 0.0463. The lowest BCUT2D eigenvalue weighted by Crippen LogP contribution is -2.13. The number of esters is 2. The molecule has 0 N–H and O–H groups in total. The van der Waals surface area contributed by atoms with Gasteiger partial charge < -0.3 is 9.47 Å². The van der Waals surface area contributed by atoms with Crippen molar-refractivity contribution in [2.45, 2.75) is 194 Å². The van der Waals surface area contributed by atoms with Crippen molar-refractivity contribution in [3.05, 3.63) is 12.2 Å². The van der Waals surface area contributed by atoms with Crippen molar-refractivity contribution in [3.63, 3.8) is 0 Å². The molecule has 0 aromatic carbocycles. The number of hydrogen-bond donors (Lipinski definition) is 0. The fraction of sp³-hybridized carbons (Fsp3) is 0.889. The predicted molar refractivity (Wildman–Crippen MR) is 172 cm³/mol. The molecule has 0 saturated heterocycles. The maximum absolute atomic E-state index is 11.9. The molecule has 0 atom stereocenters. The summed E-state index contributed by atoms with van der Waals surface area (Å²) in [7, 11) is 0. The van der Waals surface area contributed by atoms with Crippen LogP contribution in [0.15, 0.2) is 12.2 Å². The highest BCUT2D eigenvalue weighted by molar-refractivity contribution is 5.70. The molecule has 0 radical (unpaired) electrons. The predicted octanol–water partition coefficient (Wildman–Crippen LogP) is 11.6. The fourth-order valence-corrected chi connectivity index (χ4v) is 5.08. The van der Waals surface area contributed by atoms with E-state index in [-0.39, 0.29) is 25.2 Å². The van der Waals surface area contributed by atoms with E-state index in [0.717, 1.165) is 25.7 Å². The largest absolute Gasteiger partial charge is 0.462 e. The summed E-state index contributed by atoms with van der Waals surface area (Å²) in [4.78, 5) is 23.7. The van der Waals surface area contributed by atoms with E-state index in [1.165, 1.54) is 141 Å². The molecule has 0 spiro atoms. The second-order valence-electron chi connectivity index (χ2n) is 11.8. The lowest BCUT2D eigenvalue weighted by Gasteiger charge is -2.07. The van der Waals surface area contributed by atoms with Crippen LogP contribution in [0.2, 0.25) is 0 Å². The molecular weight excluding hydrogens is 496 g/mol. The number of carbonyl (C=O) groups excluding carboxylic acids is 2. The third kappa shape index (κ3) is 32.9. The molecule has 0 aliphatic carbocycles. The first kappa shape index (κ1) is 38.7. The van der Waals surface area contributed by atoms with Crippen molar-refractivity contribution in [2.24, 2.45) is 0 Å². The normalized spacial score (nSPS) is 11.3. The highest BCUT2D eigenvalue weighted by Crippen LogP contribution is 2.13. The Bertz CT molecular complexity index is 557. The molecule has 0 rings (SSSR count). The van der Waals surface area contributed by atoms with Gasteiger partial charge in [-0.25, -0.2) is 0 Å². The first-order valence-corrected chi connectivity index (χ1v) is 17.7. The third-order valence-corrected chi connectivity index (χ3v) is 7.74. The van der Waals surface area contributed by atoms with Gasteiger partial charge in [0.1, 0.15) is 13.2 Å². The minimum atomic E-state index is -0.176. The topological polar surface area (TPSA) is 52.6 Å². The number of rotatable bonds is 32. The minimum Gasteiger partial charge on any atom is -0.462 e. The Morgan fingerprint density at radius 1 is 0.400 bits per heavy atom. The van der Waals surface area contributed by atoms with Crippen LogP contribution in [0.25, 0.3) is 0 Å². The summed E-state index contributed by atoms with van der Waals surface area (Å²) in [5.74, 6) is -0.346. The highest BCUT2D eigenvalue weighted by Gasteiger charge is 2.06. The summed E-state index contributed by atoms with van der Waals surface area (Å²) in [6.07, 6.45) is 38.7. The van der Waals surface area contributed by atoms with Crippen LogP contribution in [-0.2, 0) is 19.1 Å². The van der Waals surface area contributed by atoms with Gasteiger partial charge in [0.25, 0.3) is 0 Å². The molecule has 0 heterocycles. The first-order valence-electron chi connectivity index (χ1n) is 17.7. The summed E-state index contributed by atoms with van der Waals surface area (Å²) in [5, 5.41) is 0. The lowest BCUT2D eigenvalue weighted by molar-refractivity contribution is -0.152. The molecule has 4 nitrogen and oxygen atoms in total. The van der Waals surface area contributed by atoms with E-state index in [2.05, 4.69) is 26.0 Å². The number of carbonyl (C=O) groups is 2. The number of allylic oxidation sites excluding steroid dienone is 2.